The maximum atomic E-state index is 11.0. The number of nitrogens with zero attached hydrogens (tertiary/aromatic N) is 4. The van der Waals surface area contributed by atoms with Gasteiger partial charge < -0.3 is 20.0 Å². The van der Waals surface area contributed by atoms with E-state index in [4.69, 9.17) is 0 Å². The molecule has 6 heteroatoms. The molecule has 4 heterocycles. The number of rotatable bonds is 0. The number of phenolic OH excluding ortho intramolecular Hbond substituents is 2. The first-order chi connectivity index (χ1) is 29.9. The van der Waals surface area contributed by atoms with Gasteiger partial charge in [-0.1, -0.05) is 91.5 Å². The normalized spacial score (nSPS) is 27.1. The van der Waals surface area contributed by atoms with Crippen molar-refractivity contribution in [2.45, 2.75) is 153 Å². The lowest BCUT2D eigenvalue weighted by Gasteiger charge is -2.33. The monoisotopic (exact) mass is 859 g/mol. The summed E-state index contributed by atoms with van der Waals surface area (Å²) in [6.07, 6.45) is 13.2. The molecule has 0 amide bonds. The fourth-order valence-electron chi connectivity index (χ4n) is 12.8. The molecule has 0 aromatic heterocycles. The lowest BCUT2D eigenvalue weighted by Crippen LogP contribution is -2.36. The average Bonchev–Trinajstić information content (AvgIpc) is 3.75. The van der Waals surface area contributed by atoms with E-state index >= 15 is 0 Å². The van der Waals surface area contributed by atoms with Crippen LogP contribution in [0.4, 0.5) is 22.7 Å². The second kappa shape index (κ2) is 14.7. The summed E-state index contributed by atoms with van der Waals surface area (Å²) in [6, 6.07) is 26.5. The molecule has 0 bridgehead atoms. The van der Waals surface area contributed by atoms with Crippen molar-refractivity contribution in [1.29, 1.82) is 0 Å². The van der Waals surface area contributed by atoms with Crippen molar-refractivity contribution in [3.8, 4) is 11.5 Å². The number of fused-ring (bicyclic) bond motifs is 12. The molecule has 4 aromatic rings. The van der Waals surface area contributed by atoms with Gasteiger partial charge in [0.05, 0.1) is 10.8 Å². The molecule has 64 heavy (non-hydrogen) atoms. The molecule has 4 aromatic carbocycles. The molecule has 0 saturated carbocycles. The molecule has 6 nitrogen and oxygen atoms in total. The quantitative estimate of drug-likeness (QED) is 0.173. The number of hydrogen-bond donors (Lipinski definition) is 2. The Kier molecular flexibility index (Phi) is 10.1. The number of aromatic hydroxyl groups is 2. The standard InChI is InChI=1S/C58H72N4O2/c1-53(2,3)37-19-23-41-47(31-37)61(13)49-35-51-57(9,43-33-39(63)21-25-45(43)59(51)11)29-17-18-30-58(10)44-34-40(64)22-26-46(44)60(12)52(58)36-50-56(8,28-16-15-27-55(41,49)7)42-24-20-38(54(4,5)6)32-48(42)62(50)14/h19-26,31-36H,15-18,27-30H2,1-14H3/p+2. The van der Waals surface area contributed by atoms with Crippen LogP contribution < -0.4 is 9.80 Å². The highest BCUT2D eigenvalue weighted by Crippen LogP contribution is 2.56. The zero-order chi connectivity index (χ0) is 46.1. The third kappa shape index (κ3) is 6.54. The van der Waals surface area contributed by atoms with Gasteiger partial charge in [-0.3, -0.25) is 0 Å². The minimum absolute atomic E-state index is 0.0369. The van der Waals surface area contributed by atoms with E-state index in [0.717, 1.165) is 51.4 Å². The van der Waals surface area contributed by atoms with Crippen LogP contribution in [0.3, 0.4) is 0 Å². The van der Waals surface area contributed by atoms with Crippen LogP contribution in [0, 0.1) is 0 Å². The van der Waals surface area contributed by atoms with E-state index in [1.807, 2.05) is 24.3 Å². The van der Waals surface area contributed by atoms with Crippen LogP contribution in [0.2, 0.25) is 0 Å². The molecule has 4 unspecified atom stereocenters. The van der Waals surface area contributed by atoms with Crippen LogP contribution in [0.25, 0.3) is 0 Å². The number of hydrogen-bond acceptors (Lipinski definition) is 4. The van der Waals surface area contributed by atoms with E-state index < -0.39 is 0 Å². The van der Waals surface area contributed by atoms with Crippen molar-refractivity contribution in [3.63, 3.8) is 0 Å². The van der Waals surface area contributed by atoms with Crippen LogP contribution in [-0.2, 0) is 32.5 Å². The largest absolute Gasteiger partial charge is 0.508 e. The fraction of sp³-hybridized carbons (Fsp3) is 0.483. The summed E-state index contributed by atoms with van der Waals surface area (Å²) >= 11 is 0. The Hall–Kier alpha value is -5.10. The Morgan fingerprint density at radius 3 is 1.16 bits per heavy atom. The maximum absolute atomic E-state index is 11.0. The summed E-state index contributed by atoms with van der Waals surface area (Å²) in [5.74, 6) is 0.634. The highest BCUT2D eigenvalue weighted by molar-refractivity contribution is 6.06. The smallest absolute Gasteiger partial charge is 0.209 e. The van der Waals surface area contributed by atoms with Gasteiger partial charge in [0.2, 0.25) is 11.4 Å². The van der Waals surface area contributed by atoms with Crippen LogP contribution in [0.5, 0.6) is 11.5 Å². The lowest BCUT2D eigenvalue weighted by molar-refractivity contribution is -0.401. The van der Waals surface area contributed by atoms with Crippen LogP contribution in [-0.4, -0.2) is 59.0 Å². The minimum Gasteiger partial charge on any atom is -0.508 e. The number of benzene rings is 4. The van der Waals surface area contributed by atoms with Gasteiger partial charge in [0, 0.05) is 83.1 Å². The predicted octanol–water partition coefficient (Wildman–Crippen LogP) is 13.1. The number of likely N-dealkylation sites (N-methyl/N-ethyl adjacent to an activating group) is 2. The van der Waals surface area contributed by atoms with Gasteiger partial charge in [-0.05, 0) is 123 Å². The Morgan fingerprint density at radius 1 is 0.469 bits per heavy atom. The van der Waals surface area contributed by atoms with Crippen molar-refractivity contribution >= 4 is 34.2 Å². The van der Waals surface area contributed by atoms with Crippen molar-refractivity contribution in [2.24, 2.45) is 0 Å². The first-order valence-corrected chi connectivity index (χ1v) is 24.0. The van der Waals surface area contributed by atoms with E-state index in [1.165, 1.54) is 78.9 Å². The number of anilines is 2. The van der Waals surface area contributed by atoms with E-state index in [1.54, 1.807) is 0 Å². The molecule has 4 atom stereocenters. The second-order valence-electron chi connectivity index (χ2n) is 23.2. The van der Waals surface area contributed by atoms with Crippen molar-refractivity contribution in [2.75, 3.05) is 38.0 Å². The van der Waals surface area contributed by atoms with E-state index in [9.17, 15) is 10.2 Å². The SMILES string of the molecule is CN1C2=CC3=[N+](C)c4ccc(O)cc4C3(C)CCCCC3(C)C(=[N+](C)c4ccc(O)cc43)C=C3N(C)c4cc(C(C)(C)C)ccc4C3(C)CCCCC2(C)c2ccc(C(C)(C)C)cc21. The molecule has 336 valence electrons. The zero-order valence-corrected chi connectivity index (χ0v) is 41.4. The summed E-state index contributed by atoms with van der Waals surface area (Å²) in [6.45, 7) is 23.7. The summed E-state index contributed by atoms with van der Waals surface area (Å²) in [5.41, 5.74) is 17.2. The van der Waals surface area contributed by atoms with Crippen molar-refractivity contribution in [3.05, 3.63) is 130 Å². The zero-order valence-electron chi connectivity index (χ0n) is 41.4. The van der Waals surface area contributed by atoms with Gasteiger partial charge in [0.25, 0.3) is 0 Å². The molecule has 4 aliphatic heterocycles. The predicted molar refractivity (Wildman–Crippen MR) is 268 cm³/mol. The molecule has 0 radical (unpaired) electrons. The van der Waals surface area contributed by atoms with Gasteiger partial charge in [-0.25, -0.2) is 0 Å². The molecule has 9 rings (SSSR count). The Balaban J connectivity index is 1.22. The van der Waals surface area contributed by atoms with Crippen LogP contribution >= 0.6 is 0 Å². The van der Waals surface area contributed by atoms with Gasteiger partial charge in [-0.2, -0.15) is 9.15 Å². The van der Waals surface area contributed by atoms with Gasteiger partial charge in [0.15, 0.2) is 11.4 Å². The second-order valence-corrected chi connectivity index (χ2v) is 23.2. The first kappa shape index (κ1) is 44.1. The topological polar surface area (TPSA) is 53.0 Å². The third-order valence-electron chi connectivity index (χ3n) is 17.0. The van der Waals surface area contributed by atoms with E-state index in [0.29, 0.717) is 11.5 Å². The Morgan fingerprint density at radius 2 is 0.812 bits per heavy atom. The molecule has 2 N–H and O–H groups in total. The van der Waals surface area contributed by atoms with Crippen LogP contribution in [0.1, 0.15) is 154 Å². The lowest BCUT2D eigenvalue weighted by atomic mass is 9.70. The first-order valence-electron chi connectivity index (χ1n) is 24.0. The van der Waals surface area contributed by atoms with Crippen molar-refractivity contribution in [1.82, 2.24) is 0 Å². The average molecular weight is 859 g/mol. The molecular weight excluding hydrogens is 785 g/mol. The molecular formula is C58H74N4O2+2. The van der Waals surface area contributed by atoms with E-state index in [-0.39, 0.29) is 32.5 Å². The Labute approximate surface area is 384 Å². The Bertz CT molecular complexity index is 2550. The number of phenols is 2. The summed E-state index contributed by atoms with van der Waals surface area (Å²) in [7, 11) is 9.03. The summed E-state index contributed by atoms with van der Waals surface area (Å²) < 4.78 is 4.81. The summed E-state index contributed by atoms with van der Waals surface area (Å²) in [5, 5.41) is 22.0. The molecule has 0 fully saturated rings. The fourth-order valence-corrected chi connectivity index (χ4v) is 12.8. The van der Waals surface area contributed by atoms with Gasteiger partial charge in [0.1, 0.15) is 25.6 Å². The van der Waals surface area contributed by atoms with Crippen molar-refractivity contribution < 1.29 is 19.4 Å². The molecule has 0 saturated heterocycles. The minimum atomic E-state index is -0.321. The third-order valence-corrected chi connectivity index (χ3v) is 17.0. The van der Waals surface area contributed by atoms with E-state index in [2.05, 4.69) is 177 Å². The maximum Gasteiger partial charge on any atom is 0.209 e. The van der Waals surface area contributed by atoms with Gasteiger partial charge in [-0.15, -0.1) is 0 Å². The highest BCUT2D eigenvalue weighted by atomic mass is 16.3. The molecule has 1 aliphatic carbocycles. The molecule has 0 spiro atoms. The molecule has 5 aliphatic rings. The van der Waals surface area contributed by atoms with Crippen LogP contribution in [0.15, 0.2) is 96.3 Å². The highest BCUT2D eigenvalue weighted by Gasteiger charge is 2.53. The summed E-state index contributed by atoms with van der Waals surface area (Å²) in [4.78, 5) is 5.01. The van der Waals surface area contributed by atoms with Gasteiger partial charge >= 0.3 is 0 Å². The number of allylic oxidation sites excluding steroid dienone is 4.